The first-order valence-corrected chi connectivity index (χ1v) is 16.0. The number of nitrogens with zero attached hydrogens (tertiary/aromatic N) is 4. The number of nitrogens with one attached hydrogen (secondary N) is 1. The molecule has 0 atom stereocenters. The molecule has 252 valence electrons. The van der Waals surface area contributed by atoms with Crippen molar-refractivity contribution in [3.8, 4) is 0 Å². The van der Waals surface area contributed by atoms with Crippen LogP contribution < -0.4 is 11.1 Å². The van der Waals surface area contributed by atoms with Crippen LogP contribution in [0.25, 0.3) is 0 Å². The van der Waals surface area contributed by atoms with E-state index in [0.717, 1.165) is 31.0 Å². The molecule has 11 heteroatoms. The fraction of sp³-hybridized carbons (Fsp3) is 0.968. The molecule has 0 radical (unpaired) electrons. The number of likely N-dealkylation sites (tertiary alicyclic amines) is 2. The molecule has 2 aliphatic heterocycles. The Morgan fingerprint density at radius 2 is 1.02 bits per heavy atom. The van der Waals surface area contributed by atoms with Crippen LogP contribution >= 0.6 is 37.2 Å². The molecule has 2 saturated heterocycles. The zero-order chi connectivity index (χ0) is 28.6. The van der Waals surface area contributed by atoms with E-state index in [1.54, 1.807) is 0 Å². The van der Waals surface area contributed by atoms with Gasteiger partial charge >= 0.3 is 6.09 Å². The Morgan fingerprint density at radius 3 is 1.36 bits per heavy atom. The van der Waals surface area contributed by atoms with Gasteiger partial charge < -0.3 is 35.4 Å². The zero-order valence-electron chi connectivity index (χ0n) is 27.7. The number of hydrogen-bond donors (Lipinski definition) is 2. The summed E-state index contributed by atoms with van der Waals surface area (Å²) in [6, 6.07) is 3.85. The second kappa shape index (κ2) is 20.1. The lowest BCUT2D eigenvalue weighted by molar-refractivity contribution is 0.0459. The van der Waals surface area contributed by atoms with E-state index in [2.05, 4.69) is 53.1 Å². The summed E-state index contributed by atoms with van der Waals surface area (Å²) in [4.78, 5) is 22.0. The maximum Gasteiger partial charge on any atom is 0.407 e. The van der Waals surface area contributed by atoms with Crippen LogP contribution in [-0.2, 0) is 4.74 Å². The number of amides is 1. The molecule has 4 fully saturated rings. The summed E-state index contributed by atoms with van der Waals surface area (Å²) < 4.78 is 5.35. The minimum absolute atomic E-state index is 0. The minimum atomic E-state index is -0.419. The molecule has 2 aliphatic carbocycles. The Balaban J connectivity index is 0.000000786. The Kier molecular flexibility index (Phi) is 20.1. The molecular weight excluding hydrogens is 595 g/mol. The number of carbonyl (C=O) groups is 1. The van der Waals surface area contributed by atoms with Gasteiger partial charge in [0.05, 0.1) is 0 Å². The van der Waals surface area contributed by atoms with Gasteiger partial charge in [-0.2, -0.15) is 0 Å². The van der Waals surface area contributed by atoms with Crippen LogP contribution in [0.4, 0.5) is 4.79 Å². The molecule has 0 aromatic heterocycles. The highest BCUT2D eigenvalue weighted by atomic mass is 35.5. The molecule has 0 bridgehead atoms. The van der Waals surface area contributed by atoms with Crippen molar-refractivity contribution in [2.75, 3.05) is 54.4 Å². The van der Waals surface area contributed by atoms with E-state index >= 15 is 0 Å². The average molecular weight is 660 g/mol. The molecule has 1 amide bonds. The third-order valence-electron chi connectivity index (χ3n) is 9.65. The highest BCUT2D eigenvalue weighted by Crippen LogP contribution is 2.27. The molecule has 4 rings (SSSR count). The summed E-state index contributed by atoms with van der Waals surface area (Å²) >= 11 is 0. The number of carbonyl (C=O) groups excluding carboxylic acids is 1. The Bertz CT molecular complexity index is 710. The molecular formula is C31H65Cl3N6O2. The van der Waals surface area contributed by atoms with E-state index < -0.39 is 5.60 Å². The van der Waals surface area contributed by atoms with Crippen LogP contribution in [-0.4, -0.2) is 122 Å². The van der Waals surface area contributed by atoms with Gasteiger partial charge in [-0.1, -0.05) is 0 Å². The van der Waals surface area contributed by atoms with E-state index in [9.17, 15) is 4.79 Å². The van der Waals surface area contributed by atoms with E-state index in [-0.39, 0.29) is 49.4 Å². The molecule has 0 spiro atoms. The topological polar surface area (TPSA) is 77.3 Å². The lowest BCUT2D eigenvalue weighted by atomic mass is 9.88. The van der Waals surface area contributed by atoms with Crippen molar-refractivity contribution < 1.29 is 9.53 Å². The van der Waals surface area contributed by atoms with E-state index in [1.165, 1.54) is 90.4 Å². The number of nitrogens with two attached hydrogens (primary N) is 1. The number of alkyl carbamates (subject to hydrolysis) is 1. The average Bonchev–Trinajstić information content (AvgIpc) is 2.89. The van der Waals surface area contributed by atoms with Gasteiger partial charge in [0.1, 0.15) is 5.60 Å². The van der Waals surface area contributed by atoms with Crippen molar-refractivity contribution in [2.24, 2.45) is 5.73 Å². The molecule has 0 aromatic rings. The summed E-state index contributed by atoms with van der Waals surface area (Å²) in [7, 11) is 8.79. The van der Waals surface area contributed by atoms with E-state index in [1.807, 2.05) is 20.8 Å². The maximum atomic E-state index is 11.9. The van der Waals surface area contributed by atoms with Gasteiger partial charge in [-0.3, -0.25) is 0 Å². The Labute approximate surface area is 276 Å². The van der Waals surface area contributed by atoms with Gasteiger partial charge in [-0.25, -0.2) is 4.79 Å². The van der Waals surface area contributed by atoms with Crippen LogP contribution in [0.5, 0.6) is 0 Å². The lowest BCUT2D eigenvalue weighted by Crippen LogP contribution is -2.49. The molecule has 0 unspecified atom stereocenters. The first-order valence-electron chi connectivity index (χ1n) is 16.0. The van der Waals surface area contributed by atoms with Crippen molar-refractivity contribution in [3.63, 3.8) is 0 Å². The van der Waals surface area contributed by atoms with Crippen molar-refractivity contribution in [2.45, 2.75) is 140 Å². The van der Waals surface area contributed by atoms with Crippen molar-refractivity contribution in [3.05, 3.63) is 0 Å². The van der Waals surface area contributed by atoms with Crippen molar-refractivity contribution >= 4 is 43.3 Å². The van der Waals surface area contributed by atoms with Gasteiger partial charge in [-0.05, 0) is 152 Å². The van der Waals surface area contributed by atoms with Crippen LogP contribution in [0.3, 0.4) is 0 Å². The lowest BCUT2D eigenvalue weighted by Gasteiger charge is -2.42. The molecule has 42 heavy (non-hydrogen) atoms. The number of rotatable bonds is 5. The molecule has 0 aromatic carbocycles. The van der Waals surface area contributed by atoms with Crippen LogP contribution in [0, 0.1) is 0 Å². The third-order valence-corrected chi connectivity index (χ3v) is 9.65. The van der Waals surface area contributed by atoms with E-state index in [4.69, 9.17) is 10.5 Å². The van der Waals surface area contributed by atoms with Gasteiger partial charge in [0.25, 0.3) is 0 Å². The summed E-state index contributed by atoms with van der Waals surface area (Å²) in [5, 5.41) is 3.03. The number of piperidine rings is 2. The van der Waals surface area contributed by atoms with Crippen molar-refractivity contribution in [1.82, 2.24) is 24.9 Å². The smallest absolute Gasteiger partial charge is 0.407 e. The fourth-order valence-electron chi connectivity index (χ4n) is 7.06. The second-order valence-corrected chi connectivity index (χ2v) is 14.2. The summed E-state index contributed by atoms with van der Waals surface area (Å²) in [5.41, 5.74) is 5.54. The summed E-state index contributed by atoms with van der Waals surface area (Å²) in [6.45, 7) is 10.7. The Morgan fingerprint density at radius 1 is 0.667 bits per heavy atom. The molecule has 2 heterocycles. The van der Waals surface area contributed by atoms with Gasteiger partial charge in [0.2, 0.25) is 0 Å². The monoisotopic (exact) mass is 658 g/mol. The van der Waals surface area contributed by atoms with Crippen LogP contribution in [0.1, 0.15) is 97.8 Å². The van der Waals surface area contributed by atoms with Crippen LogP contribution in [0.15, 0.2) is 0 Å². The predicted octanol–water partition coefficient (Wildman–Crippen LogP) is 5.40. The first kappa shape index (κ1) is 41.9. The normalized spacial score (nSPS) is 28.4. The standard InChI is InChI=1S/C18H35N3O2.C13H27N3.3ClH/c1-18(2,3)23-17(22)19-14-6-8-16(9-7-14)21-12-10-15(11-13-21)20(4)5;1-15(2)12-7-9-16(10-8-12)13-5-3-11(14)4-6-13;;;/h14-16H,6-13H2,1-5H3,(H,19,22);11-13H,3-10,14H2,1-2H3;3*1H. The maximum absolute atomic E-state index is 11.9. The second-order valence-electron chi connectivity index (χ2n) is 14.2. The third kappa shape index (κ3) is 14.4. The Hall–Kier alpha value is -0.0600. The predicted molar refractivity (Wildman–Crippen MR) is 184 cm³/mol. The summed E-state index contributed by atoms with van der Waals surface area (Å²) in [6.07, 6.45) is 14.6. The van der Waals surface area contributed by atoms with E-state index in [0.29, 0.717) is 12.1 Å². The van der Waals surface area contributed by atoms with Crippen molar-refractivity contribution in [1.29, 1.82) is 0 Å². The van der Waals surface area contributed by atoms with Gasteiger partial charge in [0, 0.05) is 36.3 Å². The minimum Gasteiger partial charge on any atom is -0.444 e. The zero-order valence-corrected chi connectivity index (χ0v) is 30.1. The first-order chi connectivity index (χ1) is 18.4. The highest BCUT2D eigenvalue weighted by Gasteiger charge is 2.31. The number of halogens is 3. The fourth-order valence-corrected chi connectivity index (χ4v) is 7.06. The largest absolute Gasteiger partial charge is 0.444 e. The number of hydrogen-bond acceptors (Lipinski definition) is 7. The highest BCUT2D eigenvalue weighted by molar-refractivity contribution is 5.86. The summed E-state index contributed by atoms with van der Waals surface area (Å²) in [5.74, 6) is 0. The van der Waals surface area contributed by atoms with Gasteiger partial charge in [-0.15, -0.1) is 37.2 Å². The molecule has 8 nitrogen and oxygen atoms in total. The quantitative estimate of drug-likeness (QED) is 0.410. The van der Waals surface area contributed by atoms with Crippen LogP contribution in [0.2, 0.25) is 0 Å². The molecule has 3 N–H and O–H groups in total. The molecule has 2 saturated carbocycles. The SMILES string of the molecule is CN(C)C1CCN(C2CCC(N)CC2)CC1.CN(C)C1CCN(C2CCC(NC(=O)OC(C)(C)C)CC2)CC1.Cl.Cl.Cl. The molecule has 4 aliphatic rings. The van der Waals surface area contributed by atoms with Gasteiger partial charge in [0.15, 0.2) is 0 Å². The number of ether oxygens (including phenoxy) is 1.